The lowest BCUT2D eigenvalue weighted by Crippen LogP contribution is -2.50. The number of β-amino-alcohol motifs (C(OH)–C–C–N with tert-alkyl or cyclic N) is 1. The lowest BCUT2D eigenvalue weighted by atomic mass is 10.1. The number of hydrogen-bond donors (Lipinski definition) is 1. The maximum Gasteiger partial charge on any atom is 0.125 e. The number of aromatic nitrogens is 2. The number of aliphatic hydroxyl groups is 1. The van der Waals surface area contributed by atoms with Crippen molar-refractivity contribution < 1.29 is 9.84 Å². The van der Waals surface area contributed by atoms with Gasteiger partial charge in [-0.05, 0) is 32.8 Å². The fraction of sp³-hybridized carbons (Fsp3) is 0.765. The van der Waals surface area contributed by atoms with Gasteiger partial charge in [-0.2, -0.15) is 0 Å². The van der Waals surface area contributed by atoms with E-state index < -0.39 is 0 Å². The van der Waals surface area contributed by atoms with Crippen LogP contribution in [0.25, 0.3) is 0 Å². The van der Waals surface area contributed by atoms with Crippen LogP contribution in [0.4, 0.5) is 0 Å². The van der Waals surface area contributed by atoms with Gasteiger partial charge in [0, 0.05) is 45.5 Å². The molecule has 1 fully saturated rings. The zero-order valence-electron chi connectivity index (χ0n) is 14.4. The molecule has 128 valence electrons. The highest BCUT2D eigenvalue weighted by Gasteiger charge is 2.25. The van der Waals surface area contributed by atoms with Crippen molar-refractivity contribution in [3.05, 3.63) is 23.3 Å². The molecule has 0 aliphatic carbocycles. The van der Waals surface area contributed by atoms with Crippen LogP contribution in [-0.4, -0.2) is 75.9 Å². The Morgan fingerprint density at radius 2 is 1.96 bits per heavy atom. The fourth-order valence-corrected chi connectivity index (χ4v) is 3.70. The lowest BCUT2D eigenvalue weighted by Gasteiger charge is -2.37. The first-order valence-electron chi connectivity index (χ1n) is 8.59. The second-order valence-corrected chi connectivity index (χ2v) is 7.00. The van der Waals surface area contributed by atoms with E-state index in [4.69, 9.17) is 4.74 Å². The molecule has 0 amide bonds. The standard InChI is InChI=1S/C17H28N4O2/c1-12-7-21(8-13(2)23-12)10-16(22)9-20-5-4-15-6-18-14(3)19-17(15)11-20/h6,12-13,16,22H,4-5,7-11H2,1-3H3/t12-,13+,16-/m1/s1. The molecule has 1 aromatic heterocycles. The predicted molar refractivity (Wildman–Crippen MR) is 88.2 cm³/mol. The molecule has 3 atom stereocenters. The summed E-state index contributed by atoms with van der Waals surface area (Å²) in [6.07, 6.45) is 3.06. The molecular weight excluding hydrogens is 292 g/mol. The Morgan fingerprint density at radius 3 is 2.70 bits per heavy atom. The van der Waals surface area contributed by atoms with Crippen LogP contribution in [0.1, 0.15) is 30.9 Å². The van der Waals surface area contributed by atoms with Crippen molar-refractivity contribution in [2.24, 2.45) is 0 Å². The molecule has 0 radical (unpaired) electrons. The summed E-state index contributed by atoms with van der Waals surface area (Å²) >= 11 is 0. The van der Waals surface area contributed by atoms with E-state index in [0.717, 1.165) is 44.1 Å². The molecule has 0 aromatic carbocycles. The zero-order valence-corrected chi connectivity index (χ0v) is 14.4. The molecule has 0 bridgehead atoms. The first-order valence-corrected chi connectivity index (χ1v) is 8.59. The van der Waals surface area contributed by atoms with Gasteiger partial charge in [-0.15, -0.1) is 0 Å². The first kappa shape index (κ1) is 16.8. The monoisotopic (exact) mass is 320 g/mol. The van der Waals surface area contributed by atoms with Crippen LogP contribution >= 0.6 is 0 Å². The van der Waals surface area contributed by atoms with Crippen molar-refractivity contribution in [3.63, 3.8) is 0 Å². The SMILES string of the molecule is Cc1ncc2c(n1)CN(C[C@@H](O)CN1C[C@@H](C)O[C@@H](C)C1)CC2. The van der Waals surface area contributed by atoms with Crippen LogP contribution in [0.5, 0.6) is 0 Å². The minimum atomic E-state index is -0.336. The van der Waals surface area contributed by atoms with E-state index in [-0.39, 0.29) is 18.3 Å². The van der Waals surface area contributed by atoms with Crippen molar-refractivity contribution in [1.29, 1.82) is 0 Å². The summed E-state index contributed by atoms with van der Waals surface area (Å²) in [4.78, 5) is 13.4. The third-order valence-electron chi connectivity index (χ3n) is 4.58. The number of fused-ring (bicyclic) bond motifs is 1. The van der Waals surface area contributed by atoms with Gasteiger partial charge in [0.1, 0.15) is 5.82 Å². The van der Waals surface area contributed by atoms with Crippen LogP contribution in [0.3, 0.4) is 0 Å². The van der Waals surface area contributed by atoms with Crippen molar-refractivity contribution in [2.45, 2.75) is 52.0 Å². The van der Waals surface area contributed by atoms with E-state index >= 15 is 0 Å². The molecule has 1 aromatic rings. The maximum absolute atomic E-state index is 10.5. The Hall–Kier alpha value is -1.08. The van der Waals surface area contributed by atoms with E-state index in [1.54, 1.807) is 0 Å². The molecule has 2 aliphatic heterocycles. The number of aryl methyl sites for hydroxylation is 1. The smallest absolute Gasteiger partial charge is 0.125 e. The molecule has 2 aliphatic rings. The first-order chi connectivity index (χ1) is 11.0. The maximum atomic E-state index is 10.5. The summed E-state index contributed by atoms with van der Waals surface area (Å²) in [6.45, 7) is 11.1. The number of morpholine rings is 1. The number of rotatable bonds is 4. The lowest BCUT2D eigenvalue weighted by molar-refractivity contribution is -0.0782. The summed E-state index contributed by atoms with van der Waals surface area (Å²) in [5, 5.41) is 10.5. The van der Waals surface area contributed by atoms with Crippen LogP contribution in [-0.2, 0) is 17.7 Å². The molecule has 0 saturated carbocycles. The van der Waals surface area contributed by atoms with Crippen molar-refractivity contribution >= 4 is 0 Å². The number of ether oxygens (including phenoxy) is 1. The predicted octanol–water partition coefficient (Wildman–Crippen LogP) is 0.613. The van der Waals surface area contributed by atoms with Gasteiger partial charge in [0.15, 0.2) is 0 Å². The zero-order chi connectivity index (χ0) is 16.4. The highest BCUT2D eigenvalue weighted by Crippen LogP contribution is 2.17. The number of aliphatic hydroxyl groups excluding tert-OH is 1. The van der Waals surface area contributed by atoms with E-state index in [2.05, 4.69) is 33.6 Å². The molecule has 3 heterocycles. The molecule has 1 saturated heterocycles. The Kier molecular flexibility index (Phi) is 5.26. The van der Waals surface area contributed by atoms with Crippen molar-refractivity contribution in [3.8, 4) is 0 Å². The Labute approximate surface area is 138 Å². The molecule has 6 heteroatoms. The minimum absolute atomic E-state index is 0.243. The van der Waals surface area contributed by atoms with Crippen LogP contribution in [0.15, 0.2) is 6.20 Å². The summed E-state index contributed by atoms with van der Waals surface area (Å²) < 4.78 is 5.75. The van der Waals surface area contributed by atoms with Crippen LogP contribution in [0, 0.1) is 6.92 Å². The third-order valence-corrected chi connectivity index (χ3v) is 4.58. The molecule has 6 nitrogen and oxygen atoms in total. The summed E-state index contributed by atoms with van der Waals surface area (Å²) in [5.41, 5.74) is 2.36. The summed E-state index contributed by atoms with van der Waals surface area (Å²) in [6, 6.07) is 0. The molecular formula is C17H28N4O2. The van der Waals surface area contributed by atoms with Gasteiger partial charge >= 0.3 is 0 Å². The van der Waals surface area contributed by atoms with E-state index in [1.165, 1.54) is 5.56 Å². The third kappa shape index (κ3) is 4.47. The number of nitrogens with zero attached hydrogens (tertiary/aromatic N) is 4. The Balaban J connectivity index is 1.51. The van der Waals surface area contributed by atoms with Crippen LogP contribution in [0.2, 0.25) is 0 Å². The van der Waals surface area contributed by atoms with Crippen LogP contribution < -0.4 is 0 Å². The average molecular weight is 320 g/mol. The highest BCUT2D eigenvalue weighted by atomic mass is 16.5. The van der Waals surface area contributed by atoms with E-state index in [1.807, 2.05) is 13.1 Å². The second-order valence-electron chi connectivity index (χ2n) is 7.00. The topological polar surface area (TPSA) is 61.7 Å². The fourth-order valence-electron chi connectivity index (χ4n) is 3.70. The largest absolute Gasteiger partial charge is 0.390 e. The normalized spacial score (nSPS) is 27.7. The number of hydrogen-bond acceptors (Lipinski definition) is 6. The highest BCUT2D eigenvalue weighted by molar-refractivity contribution is 5.20. The Morgan fingerprint density at radius 1 is 1.26 bits per heavy atom. The second kappa shape index (κ2) is 7.21. The van der Waals surface area contributed by atoms with Gasteiger partial charge in [-0.25, -0.2) is 9.97 Å². The summed E-state index contributed by atoms with van der Waals surface area (Å²) in [5.74, 6) is 0.822. The van der Waals surface area contributed by atoms with E-state index in [0.29, 0.717) is 13.1 Å². The van der Waals surface area contributed by atoms with E-state index in [9.17, 15) is 5.11 Å². The van der Waals surface area contributed by atoms with Crippen molar-refractivity contribution in [2.75, 3.05) is 32.7 Å². The minimum Gasteiger partial charge on any atom is -0.390 e. The van der Waals surface area contributed by atoms with Gasteiger partial charge in [-0.1, -0.05) is 0 Å². The van der Waals surface area contributed by atoms with Gasteiger partial charge in [0.25, 0.3) is 0 Å². The quantitative estimate of drug-likeness (QED) is 0.877. The van der Waals surface area contributed by atoms with Gasteiger partial charge in [0.2, 0.25) is 0 Å². The van der Waals surface area contributed by atoms with Gasteiger partial charge in [-0.3, -0.25) is 9.80 Å². The summed E-state index contributed by atoms with van der Waals surface area (Å²) in [7, 11) is 0. The molecule has 0 unspecified atom stereocenters. The van der Waals surface area contributed by atoms with Gasteiger partial charge < -0.3 is 9.84 Å². The molecule has 1 N–H and O–H groups in total. The van der Waals surface area contributed by atoms with Gasteiger partial charge in [0.05, 0.1) is 24.0 Å². The molecule has 3 rings (SSSR count). The molecule has 23 heavy (non-hydrogen) atoms. The molecule has 0 spiro atoms. The van der Waals surface area contributed by atoms with Crippen molar-refractivity contribution in [1.82, 2.24) is 19.8 Å². The average Bonchev–Trinajstić information content (AvgIpc) is 2.45. The Bertz CT molecular complexity index is 529.